The Labute approximate surface area is 86.0 Å². The van der Waals surface area contributed by atoms with Gasteiger partial charge in [0.25, 0.3) is 0 Å². The minimum absolute atomic E-state index is 0.0161. The molecule has 6 heteroatoms. The number of anilines is 1. The third kappa shape index (κ3) is 2.17. The van der Waals surface area contributed by atoms with Crippen LogP contribution in [0.2, 0.25) is 0 Å². The summed E-state index contributed by atoms with van der Waals surface area (Å²) in [5.41, 5.74) is 3.39. The molecule has 14 heavy (non-hydrogen) atoms. The lowest BCUT2D eigenvalue weighted by atomic mass is 10.1. The molecule has 1 aromatic rings. The molecule has 0 radical (unpaired) electrons. The molecule has 0 fully saturated rings. The Morgan fingerprint density at radius 3 is 2.29 bits per heavy atom. The van der Waals surface area contributed by atoms with Crippen molar-refractivity contribution in [2.45, 2.75) is 11.5 Å². The molecular weight excluding hydrogens is 266 g/mol. The lowest BCUT2D eigenvalue weighted by Gasteiger charge is -2.11. The van der Waals surface area contributed by atoms with Crippen LogP contribution in [0.25, 0.3) is 0 Å². The summed E-state index contributed by atoms with van der Waals surface area (Å²) in [6, 6.07) is 1.39. The van der Waals surface area contributed by atoms with Crippen LogP contribution in [0.5, 0.6) is 0 Å². The van der Waals surface area contributed by atoms with Crippen LogP contribution in [-0.2, 0) is 11.5 Å². The minimum Gasteiger partial charge on any atom is -0.398 e. The van der Waals surface area contributed by atoms with Gasteiger partial charge in [0.1, 0.15) is 5.82 Å². The molecule has 0 spiro atoms. The fourth-order valence-corrected chi connectivity index (χ4v) is 1.41. The third-order valence-electron chi connectivity index (χ3n) is 1.67. The topological polar surface area (TPSA) is 26.0 Å². The summed E-state index contributed by atoms with van der Waals surface area (Å²) < 4.78 is 49.8. The van der Waals surface area contributed by atoms with E-state index in [1.165, 1.54) is 0 Å². The van der Waals surface area contributed by atoms with E-state index in [-0.39, 0.29) is 10.9 Å². The highest BCUT2D eigenvalue weighted by Gasteiger charge is 2.33. The Balaban J connectivity index is 3.32. The van der Waals surface area contributed by atoms with Crippen molar-refractivity contribution in [3.63, 3.8) is 0 Å². The Morgan fingerprint density at radius 1 is 1.29 bits per heavy atom. The number of alkyl halides is 4. The van der Waals surface area contributed by atoms with Gasteiger partial charge in [0.15, 0.2) is 0 Å². The number of hydrogen-bond donors (Lipinski definition) is 1. The fourth-order valence-electron chi connectivity index (χ4n) is 0.981. The van der Waals surface area contributed by atoms with Crippen LogP contribution in [0.15, 0.2) is 12.1 Å². The van der Waals surface area contributed by atoms with E-state index in [0.29, 0.717) is 12.1 Å². The largest absolute Gasteiger partial charge is 0.418 e. The molecule has 2 N–H and O–H groups in total. The summed E-state index contributed by atoms with van der Waals surface area (Å²) >= 11 is 2.89. The number of rotatable bonds is 1. The highest BCUT2D eigenvalue weighted by Crippen LogP contribution is 2.35. The van der Waals surface area contributed by atoms with Crippen LogP contribution in [0.1, 0.15) is 11.1 Å². The molecule has 0 amide bonds. The van der Waals surface area contributed by atoms with Gasteiger partial charge in [-0.3, -0.25) is 0 Å². The van der Waals surface area contributed by atoms with E-state index in [4.69, 9.17) is 5.73 Å². The van der Waals surface area contributed by atoms with E-state index in [2.05, 4.69) is 15.9 Å². The van der Waals surface area contributed by atoms with Gasteiger partial charge >= 0.3 is 6.18 Å². The van der Waals surface area contributed by atoms with Crippen molar-refractivity contribution >= 4 is 21.6 Å². The molecule has 0 aliphatic heterocycles. The standard InChI is InChI=1S/C8H6BrF4N/c9-3-4-1-5(8(11,12)13)7(14)2-6(4)10/h1-2H,3,14H2. The molecule has 0 unspecified atom stereocenters. The van der Waals surface area contributed by atoms with Gasteiger partial charge in [0.05, 0.1) is 5.56 Å². The van der Waals surface area contributed by atoms with Crippen molar-refractivity contribution in [2.75, 3.05) is 5.73 Å². The Hall–Kier alpha value is -0.780. The van der Waals surface area contributed by atoms with Crippen LogP contribution in [0.4, 0.5) is 23.2 Å². The summed E-state index contributed by atoms with van der Waals surface area (Å²) in [4.78, 5) is 0. The molecule has 1 rings (SSSR count). The fraction of sp³-hybridized carbons (Fsp3) is 0.250. The second-order valence-electron chi connectivity index (χ2n) is 2.66. The normalized spacial score (nSPS) is 11.8. The first kappa shape index (κ1) is 11.3. The first-order valence-corrected chi connectivity index (χ1v) is 4.69. The Bertz CT molecular complexity index is 348. The van der Waals surface area contributed by atoms with Crippen LogP contribution in [0.3, 0.4) is 0 Å². The van der Waals surface area contributed by atoms with Crippen molar-refractivity contribution in [2.24, 2.45) is 0 Å². The van der Waals surface area contributed by atoms with E-state index in [0.717, 1.165) is 0 Å². The molecule has 0 aliphatic rings. The van der Waals surface area contributed by atoms with Crippen molar-refractivity contribution in [1.82, 2.24) is 0 Å². The predicted octanol–water partition coefficient (Wildman–Crippen LogP) is 3.32. The molecule has 0 aliphatic carbocycles. The average Bonchev–Trinajstić information content (AvgIpc) is 2.02. The summed E-state index contributed by atoms with van der Waals surface area (Å²) in [7, 11) is 0. The van der Waals surface area contributed by atoms with E-state index < -0.39 is 23.2 Å². The lowest BCUT2D eigenvalue weighted by Crippen LogP contribution is -2.10. The highest BCUT2D eigenvalue weighted by molar-refractivity contribution is 9.08. The van der Waals surface area contributed by atoms with Crippen molar-refractivity contribution < 1.29 is 17.6 Å². The number of nitrogen functional groups attached to an aromatic ring is 1. The van der Waals surface area contributed by atoms with Gasteiger partial charge in [0.2, 0.25) is 0 Å². The second kappa shape index (κ2) is 3.76. The third-order valence-corrected chi connectivity index (χ3v) is 2.27. The zero-order chi connectivity index (χ0) is 10.9. The molecule has 1 aromatic carbocycles. The second-order valence-corrected chi connectivity index (χ2v) is 3.22. The maximum atomic E-state index is 12.9. The maximum Gasteiger partial charge on any atom is 0.418 e. The SMILES string of the molecule is Nc1cc(F)c(CBr)cc1C(F)(F)F. The summed E-state index contributed by atoms with van der Waals surface area (Å²) in [6.07, 6.45) is -4.55. The van der Waals surface area contributed by atoms with Crippen LogP contribution in [-0.4, -0.2) is 0 Å². The monoisotopic (exact) mass is 271 g/mol. The molecular formula is C8H6BrF4N. The van der Waals surface area contributed by atoms with Gasteiger partial charge in [0, 0.05) is 11.0 Å². The first-order chi connectivity index (χ1) is 6.36. The van der Waals surface area contributed by atoms with Crippen LogP contribution >= 0.6 is 15.9 Å². The van der Waals surface area contributed by atoms with Gasteiger partial charge in [-0.05, 0) is 17.7 Å². The summed E-state index contributed by atoms with van der Waals surface area (Å²) in [5, 5.41) is 0.0161. The minimum atomic E-state index is -4.55. The summed E-state index contributed by atoms with van der Waals surface area (Å²) in [6.45, 7) is 0. The van der Waals surface area contributed by atoms with Crippen molar-refractivity contribution in [3.8, 4) is 0 Å². The van der Waals surface area contributed by atoms with Crippen LogP contribution < -0.4 is 5.73 Å². The number of halogens is 5. The molecule has 0 saturated heterocycles. The van der Waals surface area contributed by atoms with Gasteiger partial charge < -0.3 is 5.73 Å². The smallest absolute Gasteiger partial charge is 0.398 e. The highest BCUT2D eigenvalue weighted by atomic mass is 79.9. The molecule has 0 aromatic heterocycles. The first-order valence-electron chi connectivity index (χ1n) is 3.57. The van der Waals surface area contributed by atoms with Crippen LogP contribution in [0, 0.1) is 5.82 Å². The van der Waals surface area contributed by atoms with E-state index >= 15 is 0 Å². The van der Waals surface area contributed by atoms with Gasteiger partial charge in [-0.25, -0.2) is 4.39 Å². The quantitative estimate of drug-likeness (QED) is 0.473. The Morgan fingerprint density at radius 2 is 1.86 bits per heavy atom. The zero-order valence-electron chi connectivity index (χ0n) is 6.83. The molecule has 0 atom stereocenters. The Kier molecular flexibility index (Phi) is 3.04. The molecule has 0 saturated carbocycles. The van der Waals surface area contributed by atoms with Gasteiger partial charge in [-0.2, -0.15) is 13.2 Å². The molecule has 1 nitrogen and oxygen atoms in total. The van der Waals surface area contributed by atoms with E-state index in [9.17, 15) is 17.6 Å². The summed E-state index contributed by atoms with van der Waals surface area (Å²) in [5.74, 6) is -0.743. The maximum absolute atomic E-state index is 12.9. The molecule has 0 heterocycles. The molecule has 78 valence electrons. The number of nitrogens with two attached hydrogens (primary N) is 1. The number of hydrogen-bond acceptors (Lipinski definition) is 1. The number of benzene rings is 1. The van der Waals surface area contributed by atoms with Gasteiger partial charge in [-0.15, -0.1) is 0 Å². The lowest BCUT2D eigenvalue weighted by molar-refractivity contribution is -0.137. The van der Waals surface area contributed by atoms with E-state index in [1.54, 1.807) is 0 Å². The predicted molar refractivity (Wildman–Crippen MR) is 48.4 cm³/mol. The van der Waals surface area contributed by atoms with Crippen molar-refractivity contribution in [1.29, 1.82) is 0 Å². The zero-order valence-corrected chi connectivity index (χ0v) is 8.41. The van der Waals surface area contributed by atoms with Crippen molar-refractivity contribution in [3.05, 3.63) is 29.1 Å². The molecule has 0 bridgehead atoms. The van der Waals surface area contributed by atoms with E-state index in [1.807, 2.05) is 0 Å². The average molecular weight is 272 g/mol. The van der Waals surface area contributed by atoms with Gasteiger partial charge in [-0.1, -0.05) is 15.9 Å².